The number of aromatic nitrogens is 1. The van der Waals surface area contributed by atoms with Gasteiger partial charge in [0.2, 0.25) is 0 Å². The zero-order valence-electron chi connectivity index (χ0n) is 7.06. The molecular formula is C8H11FN2O2. The molecule has 0 aromatic carbocycles. The van der Waals surface area contributed by atoms with E-state index < -0.39 is 12.3 Å². The van der Waals surface area contributed by atoms with Gasteiger partial charge in [0.05, 0.1) is 18.8 Å². The summed E-state index contributed by atoms with van der Waals surface area (Å²) >= 11 is 0. The van der Waals surface area contributed by atoms with E-state index in [0.29, 0.717) is 19.0 Å². The molecule has 4 nitrogen and oxygen atoms in total. The van der Waals surface area contributed by atoms with Crippen molar-refractivity contribution in [2.75, 3.05) is 18.0 Å². The Labute approximate surface area is 75.0 Å². The number of aliphatic hydroxyl groups is 1. The zero-order chi connectivity index (χ0) is 9.26. The fourth-order valence-electron chi connectivity index (χ4n) is 1.44. The van der Waals surface area contributed by atoms with Gasteiger partial charge in [-0.2, -0.15) is 0 Å². The van der Waals surface area contributed by atoms with Gasteiger partial charge in [0.25, 0.3) is 6.01 Å². The highest BCUT2D eigenvalue weighted by molar-refractivity contribution is 5.26. The molecule has 0 spiro atoms. The molecule has 0 radical (unpaired) electrons. The van der Waals surface area contributed by atoms with Crippen molar-refractivity contribution < 1.29 is 13.9 Å². The van der Waals surface area contributed by atoms with Gasteiger partial charge in [-0.25, -0.2) is 9.37 Å². The van der Waals surface area contributed by atoms with Crippen LogP contribution < -0.4 is 4.90 Å². The Bertz CT molecular complexity index is 265. The molecule has 13 heavy (non-hydrogen) atoms. The Morgan fingerprint density at radius 2 is 2.54 bits per heavy atom. The Kier molecular flexibility index (Phi) is 2.18. The second-order valence-electron chi connectivity index (χ2n) is 3.13. The van der Waals surface area contributed by atoms with Gasteiger partial charge < -0.3 is 14.4 Å². The summed E-state index contributed by atoms with van der Waals surface area (Å²) < 4.78 is 18.1. The van der Waals surface area contributed by atoms with Crippen LogP contribution in [0.2, 0.25) is 0 Å². The highest BCUT2D eigenvalue weighted by atomic mass is 19.1. The molecule has 1 aromatic heterocycles. The number of rotatable bonds is 1. The Morgan fingerprint density at radius 1 is 1.69 bits per heavy atom. The minimum Gasteiger partial charge on any atom is -0.432 e. The largest absolute Gasteiger partial charge is 0.432 e. The lowest BCUT2D eigenvalue weighted by atomic mass is 10.1. The van der Waals surface area contributed by atoms with E-state index in [2.05, 4.69) is 4.98 Å². The van der Waals surface area contributed by atoms with Crippen LogP contribution in [0, 0.1) is 0 Å². The number of hydrogen-bond donors (Lipinski definition) is 1. The number of hydrogen-bond acceptors (Lipinski definition) is 4. The van der Waals surface area contributed by atoms with Gasteiger partial charge in [-0.05, 0) is 6.42 Å². The summed E-state index contributed by atoms with van der Waals surface area (Å²) in [4.78, 5) is 5.60. The lowest BCUT2D eigenvalue weighted by Gasteiger charge is -2.30. The van der Waals surface area contributed by atoms with Crippen LogP contribution in [-0.2, 0) is 0 Å². The quantitative estimate of drug-likeness (QED) is 0.697. The third kappa shape index (κ3) is 1.65. The van der Waals surface area contributed by atoms with Crippen molar-refractivity contribution in [2.24, 2.45) is 0 Å². The predicted molar refractivity (Wildman–Crippen MR) is 44.2 cm³/mol. The molecule has 0 aliphatic carbocycles. The van der Waals surface area contributed by atoms with Crippen molar-refractivity contribution in [1.29, 1.82) is 0 Å². The highest BCUT2D eigenvalue weighted by Gasteiger charge is 2.29. The third-order valence-electron chi connectivity index (χ3n) is 2.20. The topological polar surface area (TPSA) is 49.5 Å². The number of oxazole rings is 1. The number of piperidine rings is 1. The number of aliphatic hydroxyl groups excluding tert-OH is 1. The summed E-state index contributed by atoms with van der Waals surface area (Å²) in [6, 6.07) is 0.426. The molecule has 2 heterocycles. The molecule has 0 amide bonds. The van der Waals surface area contributed by atoms with Crippen LogP contribution in [0.25, 0.3) is 0 Å². The van der Waals surface area contributed by atoms with Crippen LogP contribution in [0.4, 0.5) is 10.4 Å². The van der Waals surface area contributed by atoms with Crippen LogP contribution in [0.5, 0.6) is 0 Å². The molecule has 1 N–H and O–H groups in total. The first-order valence-electron chi connectivity index (χ1n) is 4.24. The minimum absolute atomic E-state index is 0.154. The van der Waals surface area contributed by atoms with Crippen molar-refractivity contribution in [2.45, 2.75) is 18.7 Å². The number of anilines is 1. The maximum atomic E-state index is 13.1. The van der Waals surface area contributed by atoms with E-state index in [4.69, 9.17) is 9.52 Å². The van der Waals surface area contributed by atoms with E-state index in [1.807, 2.05) is 0 Å². The molecule has 0 saturated carbocycles. The van der Waals surface area contributed by atoms with Crippen LogP contribution in [0.3, 0.4) is 0 Å². The molecule has 0 unspecified atom stereocenters. The lowest BCUT2D eigenvalue weighted by molar-refractivity contribution is 0.0603. The molecule has 1 aromatic rings. The average Bonchev–Trinajstić information content (AvgIpc) is 2.62. The van der Waals surface area contributed by atoms with Crippen molar-refractivity contribution in [3.05, 3.63) is 12.5 Å². The molecule has 1 aliphatic rings. The van der Waals surface area contributed by atoms with Gasteiger partial charge in [0.1, 0.15) is 12.4 Å². The second-order valence-corrected chi connectivity index (χ2v) is 3.13. The van der Waals surface area contributed by atoms with E-state index in [0.717, 1.165) is 0 Å². The van der Waals surface area contributed by atoms with Crippen LogP contribution in [0.1, 0.15) is 6.42 Å². The van der Waals surface area contributed by atoms with Gasteiger partial charge in [-0.3, -0.25) is 0 Å². The molecule has 72 valence electrons. The maximum absolute atomic E-state index is 13.1. The first kappa shape index (κ1) is 8.50. The third-order valence-corrected chi connectivity index (χ3v) is 2.20. The van der Waals surface area contributed by atoms with E-state index in [9.17, 15) is 4.39 Å². The first-order valence-corrected chi connectivity index (χ1v) is 4.24. The zero-order valence-corrected chi connectivity index (χ0v) is 7.06. The fourth-order valence-corrected chi connectivity index (χ4v) is 1.44. The Morgan fingerprint density at radius 3 is 3.15 bits per heavy atom. The van der Waals surface area contributed by atoms with Gasteiger partial charge in [-0.1, -0.05) is 0 Å². The summed E-state index contributed by atoms with van der Waals surface area (Å²) in [7, 11) is 0. The SMILES string of the molecule is O[C@@H]1CCN(c2ncco2)C[C@@H]1F. The smallest absolute Gasteiger partial charge is 0.297 e. The minimum atomic E-state index is -1.21. The van der Waals surface area contributed by atoms with Crippen LogP contribution >= 0.6 is 0 Å². The average molecular weight is 186 g/mol. The summed E-state index contributed by atoms with van der Waals surface area (Å²) in [5, 5.41) is 9.14. The molecule has 0 bridgehead atoms. The number of alkyl halides is 1. The molecule has 1 saturated heterocycles. The lowest BCUT2D eigenvalue weighted by Crippen LogP contribution is -2.44. The molecular weight excluding hydrogens is 175 g/mol. The Balaban J connectivity index is 2.03. The first-order chi connectivity index (χ1) is 6.27. The molecule has 1 fully saturated rings. The van der Waals surface area contributed by atoms with Gasteiger partial charge in [0, 0.05) is 6.54 Å². The summed E-state index contributed by atoms with van der Waals surface area (Å²) in [6.45, 7) is 0.740. The van der Waals surface area contributed by atoms with Crippen molar-refractivity contribution >= 4 is 6.01 Å². The van der Waals surface area contributed by atoms with Crippen molar-refractivity contribution in [1.82, 2.24) is 4.98 Å². The standard InChI is InChI=1S/C8H11FN2O2/c9-6-5-11(3-1-7(6)12)8-10-2-4-13-8/h2,4,6-7,12H,1,3,5H2/t6-,7+/m0/s1. The van der Waals surface area contributed by atoms with Crippen molar-refractivity contribution in [3.63, 3.8) is 0 Å². The van der Waals surface area contributed by atoms with Crippen molar-refractivity contribution in [3.8, 4) is 0 Å². The van der Waals surface area contributed by atoms with Gasteiger partial charge in [0.15, 0.2) is 0 Å². The number of halogens is 1. The highest BCUT2D eigenvalue weighted by Crippen LogP contribution is 2.19. The molecule has 1 aliphatic heterocycles. The van der Waals surface area contributed by atoms with Crippen LogP contribution in [0.15, 0.2) is 16.9 Å². The second kappa shape index (κ2) is 3.33. The maximum Gasteiger partial charge on any atom is 0.297 e. The fraction of sp³-hybridized carbons (Fsp3) is 0.625. The van der Waals surface area contributed by atoms with Gasteiger partial charge in [-0.15, -0.1) is 0 Å². The monoisotopic (exact) mass is 186 g/mol. The molecule has 2 rings (SSSR count). The Hall–Kier alpha value is -1.10. The van der Waals surface area contributed by atoms with E-state index >= 15 is 0 Å². The van der Waals surface area contributed by atoms with Crippen LogP contribution in [-0.4, -0.2) is 35.5 Å². The summed E-state index contributed by atoms with van der Waals surface area (Å²) in [5.41, 5.74) is 0. The summed E-state index contributed by atoms with van der Waals surface area (Å²) in [6.07, 6.45) is 1.34. The molecule has 2 atom stereocenters. The summed E-state index contributed by atoms with van der Waals surface area (Å²) in [5.74, 6) is 0. The predicted octanol–water partition coefficient (Wildman–Crippen LogP) is 0.584. The number of nitrogens with zero attached hydrogens (tertiary/aromatic N) is 2. The van der Waals surface area contributed by atoms with E-state index in [-0.39, 0.29) is 6.54 Å². The normalized spacial score (nSPS) is 29.2. The van der Waals surface area contributed by atoms with Gasteiger partial charge >= 0.3 is 0 Å². The van der Waals surface area contributed by atoms with E-state index in [1.54, 1.807) is 4.90 Å². The molecule has 5 heteroatoms. The van der Waals surface area contributed by atoms with E-state index in [1.165, 1.54) is 12.5 Å².